The Morgan fingerprint density at radius 3 is 1.85 bits per heavy atom. The molecule has 0 saturated carbocycles. The summed E-state index contributed by atoms with van der Waals surface area (Å²) < 4.78 is 5.92. The molecule has 0 aliphatic carbocycles. The summed E-state index contributed by atoms with van der Waals surface area (Å²) in [6.45, 7) is 5.29. The molecule has 180 valence electrons. The molecule has 0 radical (unpaired) electrons. The predicted molar refractivity (Wildman–Crippen MR) is 150 cm³/mol. The normalized spacial score (nSPS) is 11.2. The molecule has 0 aliphatic heterocycles. The minimum atomic E-state index is 0.810. The van der Waals surface area contributed by atoms with Crippen LogP contribution < -0.4 is 4.74 Å². The molecule has 0 heterocycles. The molecule has 0 atom stereocenters. The topological polar surface area (TPSA) is 9.23 Å². The van der Waals surface area contributed by atoms with Gasteiger partial charge in [0, 0.05) is 4.86 Å². The van der Waals surface area contributed by atoms with Gasteiger partial charge in [-0.1, -0.05) is 139 Å². The van der Waals surface area contributed by atoms with E-state index in [9.17, 15) is 0 Å². The van der Waals surface area contributed by atoms with Crippen molar-refractivity contribution in [2.75, 3.05) is 6.61 Å². The third-order valence-corrected chi connectivity index (χ3v) is 6.47. The Kier molecular flexibility index (Phi) is 14.5. The zero-order chi connectivity index (χ0) is 23.6. The minimum Gasteiger partial charge on any atom is -0.494 e. The summed E-state index contributed by atoms with van der Waals surface area (Å²) in [6, 6.07) is 16.9. The Bertz CT molecular complexity index is 789. The van der Waals surface area contributed by atoms with Crippen LogP contribution in [0.2, 0.25) is 0 Å². The lowest BCUT2D eigenvalue weighted by Gasteiger charge is -2.07. The van der Waals surface area contributed by atoms with E-state index >= 15 is 0 Å². The van der Waals surface area contributed by atoms with Crippen molar-refractivity contribution in [2.45, 2.75) is 97.3 Å². The molecule has 0 aromatic heterocycles. The van der Waals surface area contributed by atoms with E-state index in [1.165, 1.54) is 76.2 Å². The molecule has 2 heteroatoms. The Hall–Kier alpha value is -1.93. The Balaban J connectivity index is 1.57. The van der Waals surface area contributed by atoms with Gasteiger partial charge in [0.1, 0.15) is 5.75 Å². The third kappa shape index (κ3) is 12.2. The maximum absolute atomic E-state index is 5.92. The second-order valence-electron chi connectivity index (χ2n) is 9.10. The Labute approximate surface area is 208 Å². The maximum Gasteiger partial charge on any atom is 0.119 e. The second kappa shape index (κ2) is 17.5. The van der Waals surface area contributed by atoms with Crippen LogP contribution in [-0.2, 0) is 6.42 Å². The molecule has 0 bridgehead atoms. The molecular formula is C31H44OS. The number of aryl methyl sites for hydroxylation is 1. The average Bonchev–Trinajstić information content (AvgIpc) is 2.84. The molecule has 0 spiro atoms. The summed E-state index contributed by atoms with van der Waals surface area (Å²) in [4.78, 5) is 0.870. The van der Waals surface area contributed by atoms with Gasteiger partial charge in [-0.2, -0.15) is 0 Å². The molecule has 0 amide bonds. The molecule has 0 unspecified atom stereocenters. The highest BCUT2D eigenvalue weighted by Crippen LogP contribution is 2.16. The lowest BCUT2D eigenvalue weighted by atomic mass is 10.1. The fourth-order valence-corrected chi connectivity index (χ4v) is 4.23. The van der Waals surface area contributed by atoms with Gasteiger partial charge in [-0.05, 0) is 47.7 Å². The van der Waals surface area contributed by atoms with E-state index in [-0.39, 0.29) is 0 Å². The van der Waals surface area contributed by atoms with Gasteiger partial charge in [0.05, 0.1) is 6.61 Å². The van der Waals surface area contributed by atoms with E-state index < -0.39 is 0 Å². The first kappa shape index (κ1) is 27.3. The van der Waals surface area contributed by atoms with Crippen LogP contribution in [0.5, 0.6) is 5.75 Å². The molecule has 33 heavy (non-hydrogen) atoms. The molecule has 0 N–H and O–H groups in total. The smallest absolute Gasteiger partial charge is 0.119 e. The van der Waals surface area contributed by atoms with Gasteiger partial charge in [0.25, 0.3) is 0 Å². The molecule has 2 aromatic carbocycles. The number of thiocarbonyl (C=S) groups is 1. The van der Waals surface area contributed by atoms with E-state index in [2.05, 4.69) is 68.5 Å². The first-order chi connectivity index (χ1) is 16.2. The van der Waals surface area contributed by atoms with Crippen molar-refractivity contribution in [1.82, 2.24) is 0 Å². The van der Waals surface area contributed by atoms with Crippen molar-refractivity contribution < 1.29 is 4.74 Å². The van der Waals surface area contributed by atoms with Crippen LogP contribution in [0.1, 0.15) is 108 Å². The highest BCUT2D eigenvalue weighted by molar-refractivity contribution is 7.81. The number of hydrogen-bond donors (Lipinski definition) is 0. The quantitative estimate of drug-likeness (QED) is 0.0939. The van der Waals surface area contributed by atoms with Crippen LogP contribution in [0.4, 0.5) is 0 Å². The zero-order valence-electron chi connectivity index (χ0n) is 21.0. The van der Waals surface area contributed by atoms with E-state index in [0.29, 0.717) is 0 Å². The molecule has 0 saturated heterocycles. The highest BCUT2D eigenvalue weighted by Gasteiger charge is 1.99. The second-order valence-corrected chi connectivity index (χ2v) is 9.54. The predicted octanol–water partition coefficient (Wildman–Crippen LogP) is 9.76. The van der Waals surface area contributed by atoms with Crippen molar-refractivity contribution in [3.8, 4) is 5.75 Å². The largest absolute Gasteiger partial charge is 0.494 e. The van der Waals surface area contributed by atoms with Crippen molar-refractivity contribution in [2.24, 2.45) is 0 Å². The number of hydrogen-bond acceptors (Lipinski definition) is 2. The summed E-state index contributed by atoms with van der Waals surface area (Å²) in [6.07, 6.45) is 21.3. The molecule has 0 aliphatic rings. The fraction of sp³-hybridized carbons (Fsp3) is 0.516. The van der Waals surface area contributed by atoms with Gasteiger partial charge >= 0.3 is 0 Å². The highest BCUT2D eigenvalue weighted by atomic mass is 32.1. The van der Waals surface area contributed by atoms with Gasteiger partial charge < -0.3 is 4.74 Å². The standard InChI is InChI=1S/C31H44OS/c1-3-5-6-7-8-9-10-11-12-13-14-26-32-30-23-18-28(19-24-30)20-25-31(33)29-21-16-27(15-4-2)17-22-29/h16-25H,3-15,26H2,1-2H3. The van der Waals surface area contributed by atoms with Crippen molar-refractivity contribution >= 4 is 23.2 Å². The Morgan fingerprint density at radius 2 is 1.27 bits per heavy atom. The molecule has 2 aromatic rings. The van der Waals surface area contributed by atoms with Gasteiger partial charge in [0.2, 0.25) is 0 Å². The van der Waals surface area contributed by atoms with E-state index in [0.717, 1.165) is 41.2 Å². The first-order valence-electron chi connectivity index (χ1n) is 13.3. The Morgan fingerprint density at radius 1 is 0.697 bits per heavy atom. The van der Waals surface area contributed by atoms with Crippen molar-refractivity contribution in [3.05, 3.63) is 71.3 Å². The summed E-state index contributed by atoms with van der Waals surface area (Å²) in [7, 11) is 0. The first-order valence-corrected chi connectivity index (χ1v) is 13.7. The van der Waals surface area contributed by atoms with E-state index in [4.69, 9.17) is 17.0 Å². The van der Waals surface area contributed by atoms with E-state index in [1.54, 1.807) is 0 Å². The summed E-state index contributed by atoms with van der Waals surface area (Å²) in [5.41, 5.74) is 3.62. The minimum absolute atomic E-state index is 0.810. The third-order valence-electron chi connectivity index (χ3n) is 6.10. The van der Waals surface area contributed by atoms with Crippen LogP contribution in [0.15, 0.2) is 54.6 Å². The van der Waals surface area contributed by atoms with Gasteiger partial charge in [-0.15, -0.1) is 0 Å². The zero-order valence-corrected chi connectivity index (χ0v) is 21.8. The molecular weight excluding hydrogens is 420 g/mol. The summed E-state index contributed by atoms with van der Waals surface area (Å²) in [5.74, 6) is 0.952. The lowest BCUT2D eigenvalue weighted by Crippen LogP contribution is -1.97. The van der Waals surface area contributed by atoms with Crippen molar-refractivity contribution in [1.29, 1.82) is 0 Å². The average molecular weight is 465 g/mol. The fourth-order valence-electron chi connectivity index (χ4n) is 4.02. The van der Waals surface area contributed by atoms with Gasteiger partial charge in [0.15, 0.2) is 0 Å². The SMILES string of the molecule is CCCCCCCCCCCCCOc1ccc(C=CC(=S)c2ccc(CCC)cc2)cc1. The summed E-state index contributed by atoms with van der Waals surface area (Å²) >= 11 is 5.58. The van der Waals surface area contributed by atoms with Crippen molar-refractivity contribution in [3.63, 3.8) is 0 Å². The molecule has 2 rings (SSSR count). The van der Waals surface area contributed by atoms with Gasteiger partial charge in [-0.25, -0.2) is 0 Å². The number of rotatable bonds is 18. The van der Waals surface area contributed by atoms with Crippen LogP contribution in [0.25, 0.3) is 6.08 Å². The number of unbranched alkanes of at least 4 members (excludes halogenated alkanes) is 10. The van der Waals surface area contributed by atoms with Crippen LogP contribution in [0.3, 0.4) is 0 Å². The molecule has 1 nitrogen and oxygen atoms in total. The van der Waals surface area contributed by atoms with Gasteiger partial charge in [-0.3, -0.25) is 0 Å². The number of allylic oxidation sites excluding steroid dienone is 1. The summed E-state index contributed by atoms with van der Waals surface area (Å²) in [5, 5.41) is 0. The maximum atomic E-state index is 5.92. The van der Waals surface area contributed by atoms with E-state index in [1.807, 2.05) is 6.08 Å². The number of ether oxygens (including phenoxy) is 1. The van der Waals surface area contributed by atoms with Crippen LogP contribution in [-0.4, -0.2) is 11.5 Å². The monoisotopic (exact) mass is 464 g/mol. The van der Waals surface area contributed by atoms with Crippen LogP contribution in [0, 0.1) is 0 Å². The molecule has 0 fully saturated rings. The number of benzene rings is 2. The lowest BCUT2D eigenvalue weighted by molar-refractivity contribution is 0.304. The van der Waals surface area contributed by atoms with Crippen LogP contribution >= 0.6 is 12.2 Å².